The van der Waals surface area contributed by atoms with E-state index in [4.69, 9.17) is 27.9 Å². The zero-order chi connectivity index (χ0) is 14.5. The Hall–Kier alpha value is -0.420. The fourth-order valence-electron chi connectivity index (χ4n) is 1.61. The lowest BCUT2D eigenvalue weighted by molar-refractivity contribution is -0.146. The summed E-state index contributed by atoms with van der Waals surface area (Å²) in [5.41, 5.74) is -0.750. The van der Waals surface area contributed by atoms with Crippen molar-refractivity contribution in [2.24, 2.45) is 0 Å². The monoisotopic (exact) mass is 321 g/mol. The summed E-state index contributed by atoms with van der Waals surface area (Å²) < 4.78 is 4.84. The molecule has 1 unspecified atom stereocenters. The van der Waals surface area contributed by atoms with Gasteiger partial charge in [-0.25, -0.2) is 0 Å². The molecule has 1 aromatic rings. The zero-order valence-electron chi connectivity index (χ0n) is 11.1. The summed E-state index contributed by atoms with van der Waals surface area (Å²) >= 11 is 13.5. The minimum absolute atomic E-state index is 0.292. The Kier molecular flexibility index (Phi) is 6.47. The molecule has 0 saturated heterocycles. The smallest absolute Gasteiger partial charge is 0.326 e. The Morgan fingerprint density at radius 2 is 2.16 bits per heavy atom. The highest BCUT2D eigenvalue weighted by molar-refractivity contribution is 7.99. The van der Waals surface area contributed by atoms with Crippen LogP contribution in [-0.2, 0) is 9.53 Å². The highest BCUT2D eigenvalue weighted by atomic mass is 35.5. The average molecular weight is 322 g/mol. The van der Waals surface area contributed by atoms with E-state index in [1.165, 1.54) is 18.9 Å². The molecular formula is C13H17Cl2NO2S. The van der Waals surface area contributed by atoms with Crippen molar-refractivity contribution in [3.8, 4) is 0 Å². The third kappa shape index (κ3) is 4.56. The number of hydrogen-bond donors (Lipinski definition) is 1. The molecule has 1 N–H and O–H groups in total. The summed E-state index contributed by atoms with van der Waals surface area (Å²) in [6.45, 7) is 4.43. The quantitative estimate of drug-likeness (QED) is 0.641. The van der Waals surface area contributed by atoms with Gasteiger partial charge in [-0.2, -0.15) is 0 Å². The van der Waals surface area contributed by atoms with E-state index in [9.17, 15) is 4.79 Å². The largest absolute Gasteiger partial charge is 0.468 e. The Bertz CT molecular complexity index is 456. The lowest BCUT2D eigenvalue weighted by Crippen LogP contribution is -2.52. The van der Waals surface area contributed by atoms with Gasteiger partial charge in [0.25, 0.3) is 0 Å². The average Bonchev–Trinajstić information content (AvgIpc) is 2.39. The van der Waals surface area contributed by atoms with E-state index in [2.05, 4.69) is 5.32 Å². The zero-order valence-corrected chi connectivity index (χ0v) is 13.5. The maximum Gasteiger partial charge on any atom is 0.326 e. The topological polar surface area (TPSA) is 38.3 Å². The number of esters is 1. The van der Waals surface area contributed by atoms with Crippen LogP contribution in [0.4, 0.5) is 0 Å². The van der Waals surface area contributed by atoms with E-state index < -0.39 is 5.54 Å². The molecule has 0 radical (unpaired) electrons. The molecule has 0 heterocycles. The highest BCUT2D eigenvalue weighted by Crippen LogP contribution is 2.32. The molecule has 0 aliphatic heterocycles. The Balaban J connectivity index is 2.81. The van der Waals surface area contributed by atoms with Gasteiger partial charge in [-0.05, 0) is 31.7 Å². The number of likely N-dealkylation sites (N-methyl/N-ethyl adjacent to an activating group) is 1. The number of thioether (sulfide) groups is 1. The number of nitrogens with one attached hydrogen (secondary N) is 1. The summed E-state index contributed by atoms with van der Waals surface area (Å²) in [4.78, 5) is 12.7. The van der Waals surface area contributed by atoms with Crippen LogP contribution < -0.4 is 5.32 Å². The van der Waals surface area contributed by atoms with Crippen molar-refractivity contribution >= 4 is 40.9 Å². The first-order chi connectivity index (χ1) is 8.92. The van der Waals surface area contributed by atoms with Crippen LogP contribution in [0.1, 0.15) is 13.8 Å². The molecule has 1 atom stereocenters. The number of ether oxygens (including phenoxy) is 1. The molecule has 0 aliphatic rings. The van der Waals surface area contributed by atoms with Crippen molar-refractivity contribution in [2.75, 3.05) is 19.4 Å². The van der Waals surface area contributed by atoms with E-state index in [1.807, 2.05) is 13.8 Å². The van der Waals surface area contributed by atoms with Crippen molar-refractivity contribution in [2.45, 2.75) is 24.3 Å². The number of benzene rings is 1. The van der Waals surface area contributed by atoms with E-state index in [-0.39, 0.29) is 5.97 Å². The van der Waals surface area contributed by atoms with Crippen LogP contribution in [0.2, 0.25) is 10.0 Å². The second-order valence-corrected chi connectivity index (χ2v) is 6.08. The van der Waals surface area contributed by atoms with E-state index >= 15 is 0 Å². The van der Waals surface area contributed by atoms with Crippen molar-refractivity contribution in [3.05, 3.63) is 28.2 Å². The molecule has 0 aromatic heterocycles. The van der Waals surface area contributed by atoms with Gasteiger partial charge in [0.05, 0.1) is 12.1 Å². The van der Waals surface area contributed by atoms with Gasteiger partial charge in [0, 0.05) is 15.7 Å². The SMILES string of the molecule is CCNC(C)(CSc1cc(Cl)ccc1Cl)C(=O)OC. The van der Waals surface area contributed by atoms with Gasteiger partial charge in [-0.1, -0.05) is 30.1 Å². The third-order valence-electron chi connectivity index (χ3n) is 2.61. The standard InChI is InChI=1S/C13H17Cl2NO2S/c1-4-16-13(2,12(17)18-3)8-19-11-7-9(14)5-6-10(11)15/h5-7,16H,4,8H2,1-3H3. The van der Waals surface area contributed by atoms with Crippen molar-refractivity contribution in [1.82, 2.24) is 5.32 Å². The summed E-state index contributed by atoms with van der Waals surface area (Å²) in [6.07, 6.45) is 0. The Morgan fingerprint density at radius 1 is 1.47 bits per heavy atom. The van der Waals surface area contributed by atoms with Gasteiger partial charge in [0.1, 0.15) is 5.54 Å². The maximum absolute atomic E-state index is 11.8. The molecule has 0 bridgehead atoms. The molecule has 0 amide bonds. The first-order valence-corrected chi connectivity index (χ1v) is 7.58. The number of rotatable bonds is 6. The van der Waals surface area contributed by atoms with E-state index in [0.717, 1.165) is 4.90 Å². The molecule has 19 heavy (non-hydrogen) atoms. The van der Waals surface area contributed by atoms with Gasteiger partial charge < -0.3 is 10.1 Å². The predicted octanol–water partition coefficient (Wildman–Crippen LogP) is 3.63. The van der Waals surface area contributed by atoms with Crippen molar-refractivity contribution in [3.63, 3.8) is 0 Å². The molecule has 3 nitrogen and oxygen atoms in total. The summed E-state index contributed by atoms with van der Waals surface area (Å²) in [7, 11) is 1.38. The predicted molar refractivity (Wildman–Crippen MR) is 81.3 cm³/mol. The molecule has 1 rings (SSSR count). The van der Waals surface area contributed by atoms with Gasteiger partial charge >= 0.3 is 5.97 Å². The number of hydrogen-bond acceptors (Lipinski definition) is 4. The summed E-state index contributed by atoms with van der Waals surface area (Å²) in [5, 5.41) is 4.39. The normalized spacial score (nSPS) is 13.9. The van der Waals surface area contributed by atoms with Gasteiger partial charge in [0.2, 0.25) is 0 Å². The molecule has 0 saturated carbocycles. The van der Waals surface area contributed by atoms with E-state index in [0.29, 0.717) is 22.3 Å². The van der Waals surface area contributed by atoms with Gasteiger partial charge in [-0.15, -0.1) is 11.8 Å². The number of carbonyl (C=O) groups is 1. The first kappa shape index (κ1) is 16.6. The third-order valence-corrected chi connectivity index (χ3v) is 4.66. The van der Waals surface area contributed by atoms with Crippen LogP contribution in [0.3, 0.4) is 0 Å². The Labute approximate surface area is 128 Å². The lowest BCUT2D eigenvalue weighted by atomic mass is 10.1. The second kappa shape index (κ2) is 7.39. The maximum atomic E-state index is 11.8. The van der Waals surface area contributed by atoms with Crippen LogP contribution in [0.15, 0.2) is 23.1 Å². The molecule has 0 spiro atoms. The van der Waals surface area contributed by atoms with Crippen LogP contribution in [0, 0.1) is 0 Å². The second-order valence-electron chi connectivity index (χ2n) is 4.22. The Morgan fingerprint density at radius 3 is 2.74 bits per heavy atom. The molecule has 106 valence electrons. The number of halogens is 2. The molecule has 1 aromatic carbocycles. The number of methoxy groups -OCH3 is 1. The molecular weight excluding hydrogens is 305 g/mol. The minimum Gasteiger partial charge on any atom is -0.468 e. The fourth-order valence-corrected chi connectivity index (χ4v) is 3.21. The van der Waals surface area contributed by atoms with E-state index in [1.54, 1.807) is 18.2 Å². The first-order valence-electron chi connectivity index (χ1n) is 5.84. The minimum atomic E-state index is -0.750. The lowest BCUT2D eigenvalue weighted by Gasteiger charge is -2.27. The van der Waals surface area contributed by atoms with Gasteiger partial charge in [0.15, 0.2) is 0 Å². The molecule has 0 fully saturated rings. The number of carbonyl (C=O) groups excluding carboxylic acids is 1. The fraction of sp³-hybridized carbons (Fsp3) is 0.462. The van der Waals surface area contributed by atoms with Crippen molar-refractivity contribution < 1.29 is 9.53 Å². The van der Waals surface area contributed by atoms with Crippen molar-refractivity contribution in [1.29, 1.82) is 0 Å². The molecule has 6 heteroatoms. The molecule has 0 aliphatic carbocycles. The van der Waals surface area contributed by atoms with Crippen LogP contribution >= 0.6 is 35.0 Å². The van der Waals surface area contributed by atoms with Crippen LogP contribution in [0.5, 0.6) is 0 Å². The van der Waals surface area contributed by atoms with Gasteiger partial charge in [-0.3, -0.25) is 4.79 Å². The van der Waals surface area contributed by atoms with Crippen LogP contribution in [0.25, 0.3) is 0 Å². The summed E-state index contributed by atoms with van der Waals surface area (Å²) in [6, 6.07) is 5.27. The highest BCUT2D eigenvalue weighted by Gasteiger charge is 2.33. The summed E-state index contributed by atoms with van der Waals surface area (Å²) in [5.74, 6) is 0.216. The van der Waals surface area contributed by atoms with Crippen LogP contribution in [-0.4, -0.2) is 30.9 Å².